The van der Waals surface area contributed by atoms with Gasteiger partial charge in [-0.2, -0.15) is 0 Å². The lowest BCUT2D eigenvalue weighted by Crippen LogP contribution is -2.42. The van der Waals surface area contributed by atoms with Gasteiger partial charge in [-0.25, -0.2) is 4.79 Å². The molecule has 0 saturated heterocycles. The zero-order valence-electron chi connectivity index (χ0n) is 16.3. The maximum atomic E-state index is 13.3. The maximum Gasteiger partial charge on any atom is 0.326 e. The Balaban J connectivity index is 2.00. The summed E-state index contributed by atoms with van der Waals surface area (Å²) in [4.78, 5) is 26.3. The van der Waals surface area contributed by atoms with Gasteiger partial charge in [0.2, 0.25) is 0 Å². The van der Waals surface area contributed by atoms with Crippen molar-refractivity contribution in [2.75, 3.05) is 0 Å². The minimum atomic E-state index is -1.05. The molecule has 3 rings (SSSR count). The van der Waals surface area contributed by atoms with Gasteiger partial charge < -0.3 is 14.5 Å². The second-order valence-electron chi connectivity index (χ2n) is 6.85. The first-order valence-corrected chi connectivity index (χ1v) is 9.00. The van der Waals surface area contributed by atoms with Gasteiger partial charge in [-0.1, -0.05) is 35.5 Å². The number of carboxylic acid groups (broad SMARTS) is 1. The molecule has 2 heterocycles. The molecular weight excluding hydrogens is 358 g/mol. The fourth-order valence-corrected chi connectivity index (χ4v) is 3.24. The average Bonchev–Trinajstić information content (AvgIpc) is 3.21. The molecule has 0 spiro atoms. The summed E-state index contributed by atoms with van der Waals surface area (Å²) in [6.07, 6.45) is 0. The molecule has 0 aliphatic heterocycles. The fraction of sp³-hybridized carbons (Fsp3) is 0.286. The van der Waals surface area contributed by atoms with Gasteiger partial charge in [-0.3, -0.25) is 9.36 Å². The summed E-state index contributed by atoms with van der Waals surface area (Å²) >= 11 is 0. The standard InChI is InChI=1S/C21H23N3O4/c1-13-10-18(15(3)24(13)19-11-14(2)28-22-19)20(25)23(16(4)21(26)27)12-17-8-6-5-7-9-17/h5-11,16H,12H2,1-4H3,(H,26,27). The molecule has 2 aromatic heterocycles. The van der Waals surface area contributed by atoms with Crippen molar-refractivity contribution in [3.8, 4) is 5.82 Å². The molecule has 1 N–H and O–H groups in total. The van der Waals surface area contributed by atoms with Crippen LogP contribution in [0.25, 0.3) is 5.82 Å². The molecular formula is C21H23N3O4. The zero-order chi connectivity index (χ0) is 20.4. The van der Waals surface area contributed by atoms with Gasteiger partial charge in [-0.05, 0) is 39.3 Å². The van der Waals surface area contributed by atoms with E-state index in [0.29, 0.717) is 22.8 Å². The van der Waals surface area contributed by atoms with E-state index in [2.05, 4.69) is 5.16 Å². The number of aromatic nitrogens is 2. The highest BCUT2D eigenvalue weighted by Gasteiger charge is 2.29. The van der Waals surface area contributed by atoms with Crippen LogP contribution < -0.4 is 0 Å². The summed E-state index contributed by atoms with van der Waals surface area (Å²) in [6.45, 7) is 7.21. The summed E-state index contributed by atoms with van der Waals surface area (Å²) in [5.74, 6) is -0.128. The Morgan fingerprint density at radius 3 is 2.43 bits per heavy atom. The summed E-state index contributed by atoms with van der Waals surface area (Å²) in [5, 5.41) is 13.5. The number of carbonyl (C=O) groups is 2. The van der Waals surface area contributed by atoms with E-state index >= 15 is 0 Å². The number of benzene rings is 1. The van der Waals surface area contributed by atoms with Crippen LogP contribution >= 0.6 is 0 Å². The van der Waals surface area contributed by atoms with Crippen molar-refractivity contribution < 1.29 is 19.2 Å². The SMILES string of the molecule is Cc1cc(-n2c(C)cc(C(=O)N(Cc3ccccc3)C(C)C(=O)O)c2C)no1. The first-order chi connectivity index (χ1) is 13.3. The van der Waals surface area contributed by atoms with Gasteiger partial charge in [-0.15, -0.1) is 0 Å². The lowest BCUT2D eigenvalue weighted by molar-refractivity contribution is -0.141. The number of aliphatic carboxylic acids is 1. The third-order valence-corrected chi connectivity index (χ3v) is 4.79. The molecule has 1 unspecified atom stereocenters. The molecule has 7 nitrogen and oxygen atoms in total. The number of hydrogen-bond acceptors (Lipinski definition) is 4. The highest BCUT2D eigenvalue weighted by molar-refractivity contribution is 5.98. The summed E-state index contributed by atoms with van der Waals surface area (Å²) in [7, 11) is 0. The van der Waals surface area contributed by atoms with E-state index in [-0.39, 0.29) is 12.5 Å². The van der Waals surface area contributed by atoms with Crippen molar-refractivity contribution in [2.24, 2.45) is 0 Å². The summed E-state index contributed by atoms with van der Waals surface area (Å²) in [5.41, 5.74) is 2.82. The smallest absolute Gasteiger partial charge is 0.326 e. The number of carboxylic acids is 1. The summed E-state index contributed by atoms with van der Waals surface area (Å²) < 4.78 is 6.98. The number of carbonyl (C=O) groups excluding carboxylic acids is 1. The molecule has 0 aliphatic rings. The molecule has 1 amide bonds. The van der Waals surface area contributed by atoms with Gasteiger partial charge in [0, 0.05) is 24.0 Å². The third-order valence-electron chi connectivity index (χ3n) is 4.79. The van der Waals surface area contributed by atoms with Gasteiger partial charge in [0.15, 0.2) is 5.82 Å². The Morgan fingerprint density at radius 2 is 1.86 bits per heavy atom. The highest BCUT2D eigenvalue weighted by Crippen LogP contribution is 2.23. The molecule has 0 bridgehead atoms. The van der Waals surface area contributed by atoms with Crippen molar-refractivity contribution in [3.05, 3.63) is 70.7 Å². The van der Waals surface area contributed by atoms with E-state index in [9.17, 15) is 14.7 Å². The van der Waals surface area contributed by atoms with Gasteiger partial charge in [0.25, 0.3) is 5.91 Å². The fourth-order valence-electron chi connectivity index (χ4n) is 3.24. The molecule has 0 radical (unpaired) electrons. The number of rotatable bonds is 6. The molecule has 0 aliphatic carbocycles. The lowest BCUT2D eigenvalue weighted by Gasteiger charge is -2.27. The predicted molar refractivity (Wildman–Crippen MR) is 103 cm³/mol. The Morgan fingerprint density at radius 1 is 1.18 bits per heavy atom. The average molecular weight is 381 g/mol. The van der Waals surface area contributed by atoms with Gasteiger partial charge >= 0.3 is 5.97 Å². The molecule has 7 heteroatoms. The molecule has 1 aromatic carbocycles. The second kappa shape index (κ2) is 7.72. The van der Waals surface area contributed by atoms with Crippen LogP contribution in [0, 0.1) is 20.8 Å². The van der Waals surface area contributed by atoms with E-state index in [4.69, 9.17) is 4.52 Å². The predicted octanol–water partition coefficient (Wildman–Crippen LogP) is 3.51. The minimum Gasteiger partial charge on any atom is -0.480 e. The second-order valence-corrected chi connectivity index (χ2v) is 6.85. The number of hydrogen-bond donors (Lipinski definition) is 1. The van der Waals surface area contributed by atoms with Crippen molar-refractivity contribution in [2.45, 2.75) is 40.3 Å². The summed E-state index contributed by atoms with van der Waals surface area (Å²) in [6, 6.07) is 11.9. The van der Waals surface area contributed by atoms with Crippen LogP contribution in [0.5, 0.6) is 0 Å². The first-order valence-electron chi connectivity index (χ1n) is 9.00. The lowest BCUT2D eigenvalue weighted by atomic mass is 10.1. The third kappa shape index (κ3) is 3.69. The minimum absolute atomic E-state index is 0.208. The normalized spacial score (nSPS) is 12.0. The monoisotopic (exact) mass is 381 g/mol. The molecule has 0 saturated carbocycles. The van der Waals surface area contributed by atoms with Crippen molar-refractivity contribution in [1.82, 2.24) is 14.6 Å². The number of nitrogens with zero attached hydrogens (tertiary/aromatic N) is 3. The Hall–Kier alpha value is -3.35. The largest absolute Gasteiger partial charge is 0.480 e. The van der Waals surface area contributed by atoms with Crippen LogP contribution in [0.4, 0.5) is 0 Å². The number of aryl methyl sites for hydroxylation is 2. The quantitative estimate of drug-likeness (QED) is 0.706. The van der Waals surface area contributed by atoms with Crippen LogP contribution in [0.15, 0.2) is 47.0 Å². The van der Waals surface area contributed by atoms with E-state index in [1.54, 1.807) is 19.1 Å². The van der Waals surface area contributed by atoms with Gasteiger partial charge in [0.1, 0.15) is 11.8 Å². The first kappa shape index (κ1) is 19.4. The Bertz CT molecular complexity index is 1000. The van der Waals surface area contributed by atoms with E-state index in [0.717, 1.165) is 11.3 Å². The Labute approximate surface area is 163 Å². The van der Waals surface area contributed by atoms with E-state index in [1.165, 1.54) is 11.8 Å². The topological polar surface area (TPSA) is 88.6 Å². The molecule has 3 aromatic rings. The number of amides is 1. The van der Waals surface area contributed by atoms with Crippen molar-refractivity contribution >= 4 is 11.9 Å². The van der Waals surface area contributed by atoms with Crippen molar-refractivity contribution in [1.29, 1.82) is 0 Å². The highest BCUT2D eigenvalue weighted by atomic mass is 16.5. The van der Waals surface area contributed by atoms with Gasteiger partial charge in [0.05, 0.1) is 5.56 Å². The zero-order valence-corrected chi connectivity index (χ0v) is 16.3. The van der Waals surface area contributed by atoms with Crippen molar-refractivity contribution in [3.63, 3.8) is 0 Å². The van der Waals surface area contributed by atoms with Crippen LogP contribution in [-0.2, 0) is 11.3 Å². The van der Waals surface area contributed by atoms with Crippen LogP contribution in [-0.4, -0.2) is 37.6 Å². The van der Waals surface area contributed by atoms with Crippen LogP contribution in [0.2, 0.25) is 0 Å². The van der Waals surface area contributed by atoms with E-state index < -0.39 is 12.0 Å². The molecule has 1 atom stereocenters. The van der Waals surface area contributed by atoms with E-state index in [1.807, 2.05) is 48.7 Å². The van der Waals surface area contributed by atoms with Crippen LogP contribution in [0.3, 0.4) is 0 Å². The Kier molecular flexibility index (Phi) is 5.35. The van der Waals surface area contributed by atoms with Crippen LogP contribution in [0.1, 0.15) is 40.0 Å². The molecule has 0 fully saturated rings. The molecule has 146 valence electrons. The maximum absolute atomic E-state index is 13.3. The molecule has 28 heavy (non-hydrogen) atoms.